The lowest BCUT2D eigenvalue weighted by Gasteiger charge is -2.24. The van der Waals surface area contributed by atoms with Crippen LogP contribution in [0.15, 0.2) is 24.3 Å². The molecule has 18 heavy (non-hydrogen) atoms. The van der Waals surface area contributed by atoms with E-state index in [2.05, 4.69) is 13.0 Å². The van der Waals surface area contributed by atoms with Gasteiger partial charge in [0.15, 0.2) is 0 Å². The Morgan fingerprint density at radius 3 is 2.67 bits per heavy atom. The van der Waals surface area contributed by atoms with E-state index in [1.165, 1.54) is 6.08 Å². The van der Waals surface area contributed by atoms with Crippen LogP contribution >= 0.6 is 0 Å². The number of allylic oxidation sites excluding steroid dienone is 3. The number of hydrogen-bond donors (Lipinski definition) is 0. The molecule has 0 aromatic rings. The second-order valence-electron chi connectivity index (χ2n) is 4.62. The van der Waals surface area contributed by atoms with Crippen molar-refractivity contribution in [1.29, 1.82) is 5.26 Å². The van der Waals surface area contributed by atoms with Crippen molar-refractivity contribution >= 4 is 5.97 Å². The van der Waals surface area contributed by atoms with E-state index in [4.69, 9.17) is 10.00 Å². The van der Waals surface area contributed by atoms with Crippen LogP contribution in [0.3, 0.4) is 0 Å². The summed E-state index contributed by atoms with van der Waals surface area (Å²) in [5.74, 6) is -0.135. The van der Waals surface area contributed by atoms with Crippen LogP contribution < -0.4 is 0 Å². The van der Waals surface area contributed by atoms with E-state index < -0.39 is 0 Å². The Balaban J connectivity index is 2.23. The van der Waals surface area contributed by atoms with Gasteiger partial charge in [0.25, 0.3) is 0 Å². The predicted octanol–water partition coefficient (Wildman–Crippen LogP) is 3.52. The quantitative estimate of drug-likeness (QED) is 0.424. The third kappa shape index (κ3) is 5.67. The predicted molar refractivity (Wildman–Crippen MR) is 70.6 cm³/mol. The first-order valence-corrected chi connectivity index (χ1v) is 6.69. The number of ether oxygens (including phenoxy) is 1. The van der Waals surface area contributed by atoms with Crippen molar-refractivity contribution in [2.75, 3.05) is 0 Å². The number of carbonyl (C=O) groups excluding carboxylic acids is 1. The van der Waals surface area contributed by atoms with Crippen LogP contribution in [0.25, 0.3) is 0 Å². The van der Waals surface area contributed by atoms with Crippen molar-refractivity contribution in [2.24, 2.45) is 5.92 Å². The molecule has 1 aliphatic carbocycles. The van der Waals surface area contributed by atoms with Crippen LogP contribution in [-0.4, -0.2) is 12.1 Å². The first-order valence-electron chi connectivity index (χ1n) is 6.69. The second kappa shape index (κ2) is 8.52. The van der Waals surface area contributed by atoms with Crippen LogP contribution in [0.5, 0.6) is 0 Å². The minimum absolute atomic E-state index is 0.00799. The molecule has 0 heterocycles. The average Bonchev–Trinajstić information content (AvgIpc) is 2.39. The zero-order valence-electron chi connectivity index (χ0n) is 11.0. The second-order valence-corrected chi connectivity index (χ2v) is 4.62. The van der Waals surface area contributed by atoms with Crippen LogP contribution in [0, 0.1) is 17.2 Å². The molecule has 0 aromatic carbocycles. The highest BCUT2D eigenvalue weighted by Crippen LogP contribution is 2.25. The van der Waals surface area contributed by atoms with Gasteiger partial charge in [0.2, 0.25) is 0 Å². The number of carbonyl (C=O) groups is 1. The molecule has 0 spiro atoms. The zero-order valence-corrected chi connectivity index (χ0v) is 11.0. The molecule has 1 saturated carbocycles. The van der Waals surface area contributed by atoms with E-state index >= 15 is 0 Å². The maximum atomic E-state index is 11.5. The first-order chi connectivity index (χ1) is 8.76. The van der Waals surface area contributed by atoms with Gasteiger partial charge in [0, 0.05) is 12.0 Å². The fourth-order valence-corrected chi connectivity index (χ4v) is 1.99. The van der Waals surface area contributed by atoms with Gasteiger partial charge in [-0.05, 0) is 32.1 Å². The molecule has 0 aromatic heterocycles. The summed E-state index contributed by atoms with van der Waals surface area (Å²) >= 11 is 0. The molecular formula is C15H21NO2. The van der Waals surface area contributed by atoms with Gasteiger partial charge in [0.05, 0.1) is 6.07 Å². The third-order valence-corrected chi connectivity index (χ3v) is 3.07. The highest BCUT2D eigenvalue weighted by molar-refractivity contribution is 5.82. The summed E-state index contributed by atoms with van der Waals surface area (Å²) in [6.07, 6.45) is 12.5. The lowest BCUT2D eigenvalue weighted by molar-refractivity contribution is -0.144. The molecule has 0 saturated heterocycles. The number of esters is 1. The van der Waals surface area contributed by atoms with E-state index in [1.54, 1.807) is 6.08 Å². The molecule has 1 fully saturated rings. The fraction of sp³-hybridized carbons (Fsp3) is 0.600. The fourth-order valence-electron chi connectivity index (χ4n) is 1.99. The smallest absolute Gasteiger partial charge is 0.331 e. The van der Waals surface area contributed by atoms with Gasteiger partial charge in [-0.2, -0.15) is 5.26 Å². The lowest BCUT2D eigenvalue weighted by atomic mass is 9.88. The van der Waals surface area contributed by atoms with Crippen molar-refractivity contribution < 1.29 is 9.53 Å². The van der Waals surface area contributed by atoms with E-state index in [0.29, 0.717) is 0 Å². The van der Waals surface area contributed by atoms with Gasteiger partial charge in [-0.1, -0.05) is 31.6 Å². The summed E-state index contributed by atoms with van der Waals surface area (Å²) in [4.78, 5) is 11.5. The average molecular weight is 247 g/mol. The molecule has 3 nitrogen and oxygen atoms in total. The van der Waals surface area contributed by atoms with Crippen LogP contribution in [0.2, 0.25) is 0 Å². The van der Waals surface area contributed by atoms with E-state index in [1.807, 2.05) is 12.2 Å². The molecular weight excluding hydrogens is 226 g/mol. The van der Waals surface area contributed by atoms with Gasteiger partial charge in [0.1, 0.15) is 6.10 Å². The van der Waals surface area contributed by atoms with Gasteiger partial charge in [-0.25, -0.2) is 4.79 Å². The Kier molecular flexibility index (Phi) is 6.86. The van der Waals surface area contributed by atoms with Crippen LogP contribution in [-0.2, 0) is 9.53 Å². The highest BCUT2D eigenvalue weighted by Gasteiger charge is 2.22. The number of unbranched alkanes of at least 4 members (excludes halogenated alkanes) is 1. The Morgan fingerprint density at radius 2 is 2.06 bits per heavy atom. The van der Waals surface area contributed by atoms with E-state index in [-0.39, 0.29) is 18.0 Å². The maximum absolute atomic E-state index is 11.5. The third-order valence-electron chi connectivity index (χ3n) is 3.07. The summed E-state index contributed by atoms with van der Waals surface area (Å²) in [7, 11) is 0. The van der Waals surface area contributed by atoms with Crippen molar-refractivity contribution in [3.8, 4) is 6.07 Å². The topological polar surface area (TPSA) is 50.1 Å². The summed E-state index contributed by atoms with van der Waals surface area (Å²) < 4.78 is 5.32. The van der Waals surface area contributed by atoms with Crippen molar-refractivity contribution in [3.63, 3.8) is 0 Å². The first kappa shape index (κ1) is 14.5. The Bertz CT molecular complexity index is 344. The minimum atomic E-state index is -0.281. The number of rotatable bonds is 5. The summed E-state index contributed by atoms with van der Waals surface area (Å²) in [5, 5.41) is 8.77. The molecule has 1 aliphatic rings. The number of hydrogen-bond acceptors (Lipinski definition) is 3. The molecule has 0 unspecified atom stereocenters. The molecule has 98 valence electrons. The largest absolute Gasteiger partial charge is 0.459 e. The summed E-state index contributed by atoms with van der Waals surface area (Å²) in [6.45, 7) is 2.11. The number of nitriles is 1. The highest BCUT2D eigenvalue weighted by atomic mass is 16.5. The maximum Gasteiger partial charge on any atom is 0.331 e. The SMILES string of the molecule is CCC/C=C/C=C/C(=O)OC1CCC(C#N)CC1. The minimum Gasteiger partial charge on any atom is -0.459 e. The van der Waals surface area contributed by atoms with Gasteiger partial charge in [-0.3, -0.25) is 0 Å². The molecule has 0 radical (unpaired) electrons. The van der Waals surface area contributed by atoms with Gasteiger partial charge in [-0.15, -0.1) is 0 Å². The lowest BCUT2D eigenvalue weighted by Crippen LogP contribution is -2.23. The normalized spacial score (nSPS) is 24.2. The molecule has 0 aliphatic heterocycles. The van der Waals surface area contributed by atoms with Crippen LogP contribution in [0.4, 0.5) is 0 Å². The Morgan fingerprint density at radius 1 is 1.33 bits per heavy atom. The Labute approximate surface area is 109 Å². The van der Waals surface area contributed by atoms with Crippen molar-refractivity contribution in [1.82, 2.24) is 0 Å². The molecule has 0 atom stereocenters. The van der Waals surface area contributed by atoms with Crippen LogP contribution in [0.1, 0.15) is 45.4 Å². The van der Waals surface area contributed by atoms with E-state index in [9.17, 15) is 4.79 Å². The number of nitrogens with zero attached hydrogens (tertiary/aromatic N) is 1. The molecule has 0 amide bonds. The summed E-state index contributed by atoms with van der Waals surface area (Å²) in [6, 6.07) is 2.27. The van der Waals surface area contributed by atoms with Gasteiger partial charge >= 0.3 is 5.97 Å². The monoisotopic (exact) mass is 247 g/mol. The van der Waals surface area contributed by atoms with Crippen molar-refractivity contribution in [3.05, 3.63) is 24.3 Å². The molecule has 3 heteroatoms. The Hall–Kier alpha value is -1.56. The molecule has 0 N–H and O–H groups in total. The van der Waals surface area contributed by atoms with E-state index in [0.717, 1.165) is 38.5 Å². The zero-order chi connectivity index (χ0) is 13.2. The molecule has 1 rings (SSSR count). The standard InChI is InChI=1S/C15H21NO2/c1-2-3-4-5-6-7-15(17)18-14-10-8-13(12-16)9-11-14/h4-7,13-14H,2-3,8-11H2,1H3/b5-4+,7-6+. The van der Waals surface area contributed by atoms with Gasteiger partial charge < -0.3 is 4.74 Å². The molecule has 0 bridgehead atoms. The summed E-state index contributed by atoms with van der Waals surface area (Å²) in [5.41, 5.74) is 0. The van der Waals surface area contributed by atoms with Crippen molar-refractivity contribution in [2.45, 2.75) is 51.6 Å².